The first-order chi connectivity index (χ1) is 10.3. The summed E-state index contributed by atoms with van der Waals surface area (Å²) in [5.74, 6) is 1.42. The minimum Gasteiger partial charge on any atom is -0.478 e. The van der Waals surface area contributed by atoms with Gasteiger partial charge in [-0.05, 0) is 35.4 Å². The van der Waals surface area contributed by atoms with E-state index in [1.165, 1.54) is 5.56 Å². The smallest absolute Gasteiger partial charge is 0.218 e. The molecule has 0 atom stereocenters. The molecule has 0 aliphatic rings. The number of hydrogen-bond acceptors (Lipinski definition) is 4. The van der Waals surface area contributed by atoms with Crippen LogP contribution >= 0.6 is 11.3 Å². The van der Waals surface area contributed by atoms with Gasteiger partial charge in [-0.25, -0.2) is 4.98 Å². The largest absolute Gasteiger partial charge is 0.478 e. The molecule has 0 spiro atoms. The van der Waals surface area contributed by atoms with Crippen molar-refractivity contribution in [2.75, 3.05) is 13.7 Å². The van der Waals surface area contributed by atoms with Gasteiger partial charge < -0.3 is 15.4 Å². The van der Waals surface area contributed by atoms with E-state index in [1.807, 2.05) is 19.1 Å². The number of hydrogen-bond donors (Lipinski definition) is 2. The molecular formula is C15H20N4OS. The van der Waals surface area contributed by atoms with Gasteiger partial charge in [0.1, 0.15) is 0 Å². The van der Waals surface area contributed by atoms with Crippen molar-refractivity contribution >= 4 is 17.3 Å². The zero-order valence-electron chi connectivity index (χ0n) is 12.3. The zero-order valence-corrected chi connectivity index (χ0v) is 13.1. The Morgan fingerprint density at radius 2 is 2.19 bits per heavy atom. The highest BCUT2D eigenvalue weighted by Crippen LogP contribution is 2.13. The molecule has 0 unspecified atom stereocenters. The molecule has 2 rings (SSSR count). The van der Waals surface area contributed by atoms with Crippen molar-refractivity contribution in [3.8, 4) is 5.88 Å². The summed E-state index contributed by atoms with van der Waals surface area (Å²) in [5.41, 5.74) is 2.26. The van der Waals surface area contributed by atoms with Crippen LogP contribution in [0.2, 0.25) is 0 Å². The Morgan fingerprint density at radius 1 is 1.33 bits per heavy atom. The first kappa shape index (κ1) is 15.3. The molecule has 2 heterocycles. The fraction of sp³-hybridized carbons (Fsp3) is 0.333. The number of aromatic nitrogens is 1. The van der Waals surface area contributed by atoms with Crippen LogP contribution in [0.3, 0.4) is 0 Å². The van der Waals surface area contributed by atoms with Crippen molar-refractivity contribution in [1.29, 1.82) is 0 Å². The van der Waals surface area contributed by atoms with E-state index < -0.39 is 0 Å². The number of aliphatic imine (C=N–C) groups is 1. The minimum absolute atomic E-state index is 0.606. The van der Waals surface area contributed by atoms with E-state index in [4.69, 9.17) is 4.74 Å². The molecule has 0 amide bonds. The highest BCUT2D eigenvalue weighted by atomic mass is 32.1. The maximum absolute atomic E-state index is 5.51. The van der Waals surface area contributed by atoms with Crippen molar-refractivity contribution < 1.29 is 4.74 Å². The Hall–Kier alpha value is -2.08. The monoisotopic (exact) mass is 304 g/mol. The number of nitrogens with zero attached hydrogens (tertiary/aromatic N) is 2. The van der Waals surface area contributed by atoms with Crippen LogP contribution in [0, 0.1) is 0 Å². The molecule has 5 nitrogen and oxygen atoms in total. The van der Waals surface area contributed by atoms with Gasteiger partial charge in [-0.2, -0.15) is 11.3 Å². The second-order valence-electron chi connectivity index (χ2n) is 4.31. The summed E-state index contributed by atoms with van der Waals surface area (Å²) in [4.78, 5) is 8.45. The third kappa shape index (κ3) is 4.75. The zero-order chi connectivity index (χ0) is 14.9. The van der Waals surface area contributed by atoms with Crippen LogP contribution in [0.5, 0.6) is 5.88 Å². The molecule has 0 radical (unpaired) electrons. The molecule has 0 aliphatic heterocycles. The SMILES string of the molecule is CCOc1ncccc1CNC(=NC)NCc1ccsc1. The van der Waals surface area contributed by atoms with Crippen LogP contribution in [0.25, 0.3) is 0 Å². The van der Waals surface area contributed by atoms with Gasteiger partial charge in [-0.1, -0.05) is 6.07 Å². The van der Waals surface area contributed by atoms with Gasteiger partial charge in [-0.15, -0.1) is 0 Å². The molecule has 21 heavy (non-hydrogen) atoms. The number of pyridine rings is 1. The number of rotatable bonds is 6. The Kier molecular flexibility index (Phi) is 6.02. The number of thiophene rings is 1. The molecule has 112 valence electrons. The molecular weight excluding hydrogens is 284 g/mol. The normalized spacial score (nSPS) is 11.2. The number of nitrogens with one attached hydrogen (secondary N) is 2. The summed E-state index contributed by atoms with van der Waals surface area (Å²) >= 11 is 1.69. The van der Waals surface area contributed by atoms with E-state index in [9.17, 15) is 0 Å². The van der Waals surface area contributed by atoms with Crippen molar-refractivity contribution in [2.45, 2.75) is 20.0 Å². The predicted molar refractivity (Wildman–Crippen MR) is 86.8 cm³/mol. The molecule has 0 bridgehead atoms. The molecule has 0 aromatic carbocycles. The predicted octanol–water partition coefficient (Wildman–Crippen LogP) is 2.41. The van der Waals surface area contributed by atoms with Crippen LogP contribution in [-0.4, -0.2) is 24.6 Å². The van der Waals surface area contributed by atoms with Gasteiger partial charge >= 0.3 is 0 Å². The lowest BCUT2D eigenvalue weighted by molar-refractivity contribution is 0.322. The Bertz CT molecular complexity index is 569. The Balaban J connectivity index is 1.88. The average molecular weight is 304 g/mol. The summed E-state index contributed by atoms with van der Waals surface area (Å²) in [6.07, 6.45) is 1.73. The van der Waals surface area contributed by atoms with Crippen LogP contribution in [-0.2, 0) is 13.1 Å². The van der Waals surface area contributed by atoms with Crippen molar-refractivity contribution in [1.82, 2.24) is 15.6 Å². The van der Waals surface area contributed by atoms with Gasteiger partial charge in [0.05, 0.1) is 6.61 Å². The lowest BCUT2D eigenvalue weighted by atomic mass is 10.2. The molecule has 0 saturated carbocycles. The van der Waals surface area contributed by atoms with E-state index in [0.717, 1.165) is 18.1 Å². The third-order valence-corrected chi connectivity index (χ3v) is 3.57. The van der Waals surface area contributed by atoms with E-state index >= 15 is 0 Å². The Morgan fingerprint density at radius 3 is 2.90 bits per heavy atom. The highest BCUT2D eigenvalue weighted by molar-refractivity contribution is 7.07. The molecule has 0 saturated heterocycles. The molecule has 0 aliphatic carbocycles. The minimum atomic E-state index is 0.606. The Labute approximate surface area is 129 Å². The summed E-state index contributed by atoms with van der Waals surface area (Å²) in [6, 6.07) is 6.00. The van der Waals surface area contributed by atoms with E-state index in [2.05, 4.69) is 37.4 Å². The third-order valence-electron chi connectivity index (χ3n) is 2.84. The summed E-state index contributed by atoms with van der Waals surface area (Å²) in [6.45, 7) is 3.93. The first-order valence-electron chi connectivity index (χ1n) is 6.85. The van der Waals surface area contributed by atoms with Crippen LogP contribution < -0.4 is 15.4 Å². The van der Waals surface area contributed by atoms with Crippen LogP contribution in [0.1, 0.15) is 18.1 Å². The van der Waals surface area contributed by atoms with Gasteiger partial charge in [0.2, 0.25) is 5.88 Å². The lowest BCUT2D eigenvalue weighted by Crippen LogP contribution is -2.36. The van der Waals surface area contributed by atoms with Gasteiger partial charge in [0.15, 0.2) is 5.96 Å². The summed E-state index contributed by atoms with van der Waals surface area (Å²) < 4.78 is 5.51. The first-order valence-corrected chi connectivity index (χ1v) is 7.80. The maximum atomic E-state index is 5.51. The van der Waals surface area contributed by atoms with Gasteiger partial charge in [0.25, 0.3) is 0 Å². The molecule has 2 aromatic heterocycles. The maximum Gasteiger partial charge on any atom is 0.218 e. The van der Waals surface area contributed by atoms with Crippen LogP contribution in [0.15, 0.2) is 40.1 Å². The molecule has 2 aromatic rings. The number of guanidine groups is 1. The molecule has 2 N–H and O–H groups in total. The van der Waals surface area contributed by atoms with Crippen molar-refractivity contribution in [2.24, 2.45) is 4.99 Å². The second kappa shape index (κ2) is 8.26. The fourth-order valence-corrected chi connectivity index (χ4v) is 2.47. The fourth-order valence-electron chi connectivity index (χ4n) is 1.80. The quantitative estimate of drug-likeness (QED) is 0.635. The molecule has 0 fully saturated rings. The van der Waals surface area contributed by atoms with Crippen molar-refractivity contribution in [3.63, 3.8) is 0 Å². The summed E-state index contributed by atoms with van der Waals surface area (Å²) in [5, 5.41) is 10.7. The van der Waals surface area contributed by atoms with E-state index in [1.54, 1.807) is 24.6 Å². The van der Waals surface area contributed by atoms with Crippen molar-refractivity contribution in [3.05, 3.63) is 46.3 Å². The van der Waals surface area contributed by atoms with E-state index in [-0.39, 0.29) is 0 Å². The lowest BCUT2D eigenvalue weighted by Gasteiger charge is -2.13. The standard InChI is InChI=1S/C15H20N4OS/c1-3-20-14-13(5-4-7-17-14)10-19-15(16-2)18-9-12-6-8-21-11-12/h4-8,11H,3,9-10H2,1-2H3,(H2,16,18,19). The highest BCUT2D eigenvalue weighted by Gasteiger charge is 2.05. The van der Waals surface area contributed by atoms with Crippen LogP contribution in [0.4, 0.5) is 0 Å². The number of ether oxygens (including phenoxy) is 1. The van der Waals surface area contributed by atoms with E-state index in [0.29, 0.717) is 19.0 Å². The molecule has 6 heteroatoms. The second-order valence-corrected chi connectivity index (χ2v) is 5.09. The topological polar surface area (TPSA) is 58.5 Å². The van der Waals surface area contributed by atoms with Gasteiger partial charge in [-0.3, -0.25) is 4.99 Å². The average Bonchev–Trinajstić information content (AvgIpc) is 3.02. The summed E-state index contributed by atoms with van der Waals surface area (Å²) in [7, 11) is 1.76. The van der Waals surface area contributed by atoms with Gasteiger partial charge in [0, 0.05) is 31.9 Å².